The number of nitrogens with one attached hydrogen (secondary N) is 1. The van der Waals surface area contributed by atoms with Crippen LogP contribution >= 0.6 is 0 Å². The van der Waals surface area contributed by atoms with E-state index in [9.17, 15) is 0 Å². The van der Waals surface area contributed by atoms with Crippen LogP contribution in [0.1, 0.15) is 24.8 Å². The topological polar surface area (TPSA) is 12.0 Å². The van der Waals surface area contributed by atoms with Crippen LogP contribution in [0, 0.1) is 0 Å². The Hall–Kier alpha value is -0.820. The van der Waals surface area contributed by atoms with Crippen LogP contribution in [0.2, 0.25) is 0 Å². The summed E-state index contributed by atoms with van der Waals surface area (Å²) in [5.74, 6) is 0. The Bertz CT molecular complexity index is 306. The highest BCUT2D eigenvalue weighted by molar-refractivity contribution is 5.36. The van der Waals surface area contributed by atoms with Crippen molar-refractivity contribution in [1.82, 2.24) is 5.32 Å². The van der Waals surface area contributed by atoms with Gasteiger partial charge < -0.3 is 5.32 Å². The number of fused-ring (bicyclic) bond motifs is 1. The van der Waals surface area contributed by atoms with Crippen molar-refractivity contribution in [2.24, 2.45) is 0 Å². The van der Waals surface area contributed by atoms with E-state index in [1.807, 2.05) is 0 Å². The number of hydrogen-bond donors (Lipinski definition) is 1. The van der Waals surface area contributed by atoms with Gasteiger partial charge in [0, 0.05) is 11.5 Å². The summed E-state index contributed by atoms with van der Waals surface area (Å²) < 4.78 is 0. The van der Waals surface area contributed by atoms with Gasteiger partial charge >= 0.3 is 0 Å². The van der Waals surface area contributed by atoms with Gasteiger partial charge in [0.15, 0.2) is 0 Å². The van der Waals surface area contributed by atoms with Gasteiger partial charge in [0.2, 0.25) is 0 Å². The molecule has 1 aliphatic heterocycles. The zero-order valence-corrected chi connectivity index (χ0v) is 7.79. The Balaban J connectivity index is 1.94. The summed E-state index contributed by atoms with van der Waals surface area (Å²) in [6, 6.07) is 11.8. The van der Waals surface area contributed by atoms with Gasteiger partial charge in [-0.05, 0) is 31.4 Å². The molecule has 13 heavy (non-hydrogen) atoms. The fourth-order valence-corrected chi connectivity index (χ4v) is 2.76. The van der Waals surface area contributed by atoms with Crippen molar-refractivity contribution in [1.29, 1.82) is 0 Å². The van der Waals surface area contributed by atoms with Gasteiger partial charge in [-0.2, -0.15) is 0 Å². The van der Waals surface area contributed by atoms with E-state index < -0.39 is 0 Å². The molecule has 1 N–H and O–H groups in total. The SMILES string of the molecule is c1ccc(C23CCCNC2C3)cc1. The second-order valence-electron chi connectivity index (χ2n) is 4.34. The van der Waals surface area contributed by atoms with Gasteiger partial charge in [0.25, 0.3) is 0 Å². The Morgan fingerprint density at radius 3 is 2.85 bits per heavy atom. The van der Waals surface area contributed by atoms with Gasteiger partial charge in [-0.25, -0.2) is 0 Å². The zero-order chi connectivity index (χ0) is 8.73. The van der Waals surface area contributed by atoms with Crippen molar-refractivity contribution < 1.29 is 0 Å². The number of hydrogen-bond acceptors (Lipinski definition) is 1. The van der Waals surface area contributed by atoms with E-state index in [0.717, 1.165) is 6.04 Å². The van der Waals surface area contributed by atoms with Crippen molar-refractivity contribution in [3.63, 3.8) is 0 Å². The first-order chi connectivity index (χ1) is 6.42. The fraction of sp³-hybridized carbons (Fsp3) is 0.500. The highest BCUT2D eigenvalue weighted by Gasteiger charge is 2.55. The molecule has 0 bridgehead atoms. The highest BCUT2D eigenvalue weighted by atomic mass is 15.0. The monoisotopic (exact) mass is 173 g/mol. The maximum atomic E-state index is 3.60. The quantitative estimate of drug-likeness (QED) is 0.685. The molecule has 0 spiro atoms. The first kappa shape index (κ1) is 7.57. The molecular formula is C12H15N. The molecule has 1 aromatic carbocycles. The van der Waals surface area contributed by atoms with Gasteiger partial charge in [-0.15, -0.1) is 0 Å². The lowest BCUT2D eigenvalue weighted by molar-refractivity contribution is 0.453. The minimum atomic E-state index is 0.527. The van der Waals surface area contributed by atoms with Crippen LogP contribution in [-0.2, 0) is 5.41 Å². The van der Waals surface area contributed by atoms with E-state index >= 15 is 0 Å². The van der Waals surface area contributed by atoms with Crippen molar-refractivity contribution in [3.8, 4) is 0 Å². The minimum Gasteiger partial charge on any atom is -0.313 e. The first-order valence-corrected chi connectivity index (χ1v) is 5.21. The Labute approximate surface area is 79.2 Å². The van der Waals surface area contributed by atoms with E-state index in [1.165, 1.54) is 25.8 Å². The van der Waals surface area contributed by atoms with Crippen LogP contribution < -0.4 is 5.32 Å². The van der Waals surface area contributed by atoms with E-state index in [-0.39, 0.29) is 0 Å². The Kier molecular flexibility index (Phi) is 1.50. The van der Waals surface area contributed by atoms with E-state index in [0.29, 0.717) is 5.41 Å². The molecule has 3 rings (SSSR count). The van der Waals surface area contributed by atoms with E-state index in [4.69, 9.17) is 0 Å². The van der Waals surface area contributed by atoms with Crippen LogP contribution in [0.25, 0.3) is 0 Å². The van der Waals surface area contributed by atoms with Crippen molar-refractivity contribution in [3.05, 3.63) is 35.9 Å². The molecule has 2 atom stereocenters. The Morgan fingerprint density at radius 1 is 1.23 bits per heavy atom. The van der Waals surface area contributed by atoms with Crippen LogP contribution in [0.15, 0.2) is 30.3 Å². The minimum absolute atomic E-state index is 0.527. The molecule has 1 saturated heterocycles. The molecule has 1 heteroatoms. The van der Waals surface area contributed by atoms with Crippen LogP contribution in [-0.4, -0.2) is 12.6 Å². The average molecular weight is 173 g/mol. The number of rotatable bonds is 1. The molecule has 2 fully saturated rings. The van der Waals surface area contributed by atoms with Crippen LogP contribution in [0.4, 0.5) is 0 Å². The van der Waals surface area contributed by atoms with Crippen LogP contribution in [0.5, 0.6) is 0 Å². The maximum Gasteiger partial charge on any atom is 0.0174 e. The molecule has 0 amide bonds. The van der Waals surface area contributed by atoms with Crippen molar-refractivity contribution >= 4 is 0 Å². The molecule has 1 heterocycles. The third-order valence-corrected chi connectivity index (χ3v) is 3.61. The third kappa shape index (κ3) is 1.03. The maximum absolute atomic E-state index is 3.60. The molecule has 2 unspecified atom stereocenters. The second kappa shape index (κ2) is 2.58. The summed E-state index contributed by atoms with van der Waals surface area (Å²) in [6.07, 6.45) is 4.08. The lowest BCUT2D eigenvalue weighted by Gasteiger charge is -2.22. The van der Waals surface area contributed by atoms with Crippen molar-refractivity contribution in [2.45, 2.75) is 30.7 Å². The highest BCUT2D eigenvalue weighted by Crippen LogP contribution is 2.53. The molecule has 0 radical (unpaired) electrons. The number of benzene rings is 1. The van der Waals surface area contributed by atoms with Gasteiger partial charge in [0.05, 0.1) is 0 Å². The standard InChI is InChI=1S/C12H15N/c1-2-5-10(6-3-1)12-7-4-8-13-11(12)9-12/h1-3,5-6,11,13H,4,7-9H2. The van der Waals surface area contributed by atoms with Crippen molar-refractivity contribution in [2.75, 3.05) is 6.54 Å². The molecule has 1 nitrogen and oxygen atoms in total. The zero-order valence-electron chi connectivity index (χ0n) is 7.79. The van der Waals surface area contributed by atoms with Crippen LogP contribution in [0.3, 0.4) is 0 Å². The average Bonchev–Trinajstić information content (AvgIpc) is 2.94. The molecule has 68 valence electrons. The summed E-state index contributed by atoms with van der Waals surface area (Å²) in [7, 11) is 0. The van der Waals surface area contributed by atoms with Gasteiger partial charge in [0.1, 0.15) is 0 Å². The normalized spacial score (nSPS) is 36.8. The lowest BCUT2D eigenvalue weighted by atomic mass is 9.88. The van der Waals surface area contributed by atoms with E-state index in [1.54, 1.807) is 5.56 Å². The third-order valence-electron chi connectivity index (χ3n) is 3.61. The first-order valence-electron chi connectivity index (χ1n) is 5.21. The summed E-state index contributed by atoms with van der Waals surface area (Å²) in [5, 5.41) is 3.60. The lowest BCUT2D eigenvalue weighted by Crippen LogP contribution is -2.31. The predicted molar refractivity (Wildman–Crippen MR) is 53.8 cm³/mol. The summed E-state index contributed by atoms with van der Waals surface area (Å²) in [6.45, 7) is 1.22. The van der Waals surface area contributed by atoms with Gasteiger partial charge in [-0.1, -0.05) is 30.3 Å². The molecule has 0 aromatic heterocycles. The second-order valence-corrected chi connectivity index (χ2v) is 4.34. The molecule has 1 aliphatic carbocycles. The molecule has 1 aromatic rings. The largest absolute Gasteiger partial charge is 0.313 e. The summed E-state index contributed by atoms with van der Waals surface area (Å²) in [5.41, 5.74) is 2.08. The summed E-state index contributed by atoms with van der Waals surface area (Å²) >= 11 is 0. The molecular weight excluding hydrogens is 158 g/mol. The van der Waals surface area contributed by atoms with E-state index in [2.05, 4.69) is 35.6 Å². The summed E-state index contributed by atoms with van der Waals surface area (Å²) in [4.78, 5) is 0. The smallest absolute Gasteiger partial charge is 0.0174 e. The van der Waals surface area contributed by atoms with Gasteiger partial charge in [-0.3, -0.25) is 0 Å². The Morgan fingerprint density at radius 2 is 2.08 bits per heavy atom. The predicted octanol–water partition coefficient (Wildman–Crippen LogP) is 2.08. The number of piperidine rings is 1. The molecule has 1 saturated carbocycles. The fourth-order valence-electron chi connectivity index (χ4n) is 2.76. The molecule has 2 aliphatic rings.